The topological polar surface area (TPSA) is 45.6 Å². The summed E-state index contributed by atoms with van der Waals surface area (Å²) in [7, 11) is 0. The Kier molecular flexibility index (Phi) is 6.39. The lowest BCUT2D eigenvalue weighted by Gasteiger charge is -2.40. The molecule has 1 aliphatic heterocycles. The highest BCUT2D eigenvalue weighted by atomic mass is 16.2. The van der Waals surface area contributed by atoms with Crippen LogP contribution in [0.25, 0.3) is 5.69 Å². The van der Waals surface area contributed by atoms with Crippen molar-refractivity contribution in [2.45, 2.75) is 60.0 Å². The lowest BCUT2D eigenvalue weighted by atomic mass is 9.91. The van der Waals surface area contributed by atoms with Crippen LogP contribution in [-0.2, 0) is 9.59 Å². The van der Waals surface area contributed by atoms with E-state index < -0.39 is 0 Å². The lowest BCUT2D eigenvalue weighted by molar-refractivity contribution is -0.138. The zero-order chi connectivity index (χ0) is 24.6. The summed E-state index contributed by atoms with van der Waals surface area (Å²) in [6.07, 6.45) is 2.45. The average molecular weight is 458 g/mol. The van der Waals surface area contributed by atoms with Crippen LogP contribution in [0.1, 0.15) is 63.9 Å². The van der Waals surface area contributed by atoms with Gasteiger partial charge >= 0.3 is 0 Å². The number of hydrogen-bond acceptors (Lipinski definition) is 2. The molecular formula is C29H35N3O2. The summed E-state index contributed by atoms with van der Waals surface area (Å²) in [5.74, 6) is -0.0714. The van der Waals surface area contributed by atoms with E-state index in [1.807, 2.05) is 76.0 Å². The third-order valence-corrected chi connectivity index (χ3v) is 6.31. The first-order chi connectivity index (χ1) is 16.1. The van der Waals surface area contributed by atoms with Crippen LogP contribution in [0.4, 0.5) is 5.69 Å². The molecule has 178 valence electrons. The quantitative estimate of drug-likeness (QED) is 0.479. The van der Waals surface area contributed by atoms with E-state index in [1.54, 1.807) is 4.90 Å². The number of para-hydroxylation sites is 2. The lowest BCUT2D eigenvalue weighted by Crippen LogP contribution is -2.49. The van der Waals surface area contributed by atoms with Crippen molar-refractivity contribution in [3.05, 3.63) is 83.7 Å². The molecular weight excluding hydrogens is 422 g/mol. The Balaban J connectivity index is 1.77. The first-order valence-electron chi connectivity index (χ1n) is 12.0. The van der Waals surface area contributed by atoms with Gasteiger partial charge in [-0.1, -0.05) is 62.7 Å². The Morgan fingerprint density at radius 3 is 2.21 bits per heavy atom. The van der Waals surface area contributed by atoms with Gasteiger partial charge in [-0.05, 0) is 56.0 Å². The largest absolute Gasteiger partial charge is 0.331 e. The molecule has 4 rings (SSSR count). The van der Waals surface area contributed by atoms with Gasteiger partial charge in [0.25, 0.3) is 0 Å². The molecule has 0 fully saturated rings. The third kappa shape index (κ3) is 4.65. The minimum absolute atomic E-state index is 0.0106. The summed E-state index contributed by atoms with van der Waals surface area (Å²) < 4.78 is 2.16. The first-order valence-corrected chi connectivity index (χ1v) is 12.0. The Morgan fingerprint density at radius 2 is 1.59 bits per heavy atom. The second-order valence-corrected chi connectivity index (χ2v) is 10.7. The highest BCUT2D eigenvalue weighted by Crippen LogP contribution is 2.42. The molecule has 5 nitrogen and oxygen atoms in total. The van der Waals surface area contributed by atoms with Crippen molar-refractivity contribution in [1.29, 1.82) is 0 Å². The summed E-state index contributed by atoms with van der Waals surface area (Å²) in [5, 5.41) is 0. The molecule has 2 heterocycles. The molecule has 5 heteroatoms. The number of anilines is 1. The molecule has 0 aliphatic carbocycles. The van der Waals surface area contributed by atoms with Gasteiger partial charge in [0.1, 0.15) is 12.6 Å². The van der Waals surface area contributed by atoms with Crippen molar-refractivity contribution in [2.75, 3.05) is 11.4 Å². The van der Waals surface area contributed by atoms with Gasteiger partial charge in [0.2, 0.25) is 11.8 Å². The molecule has 0 radical (unpaired) electrons. The molecule has 0 spiro atoms. The maximum atomic E-state index is 14.1. The maximum Gasteiger partial charge on any atom is 0.247 e. The molecule has 3 aromatic rings. The number of carbonyl (C=O) groups is 2. The minimum Gasteiger partial charge on any atom is -0.331 e. The molecule has 1 aliphatic rings. The molecule has 0 saturated heterocycles. The molecule has 0 saturated carbocycles. The molecule has 1 unspecified atom stereocenters. The van der Waals surface area contributed by atoms with E-state index in [4.69, 9.17) is 0 Å². The van der Waals surface area contributed by atoms with Crippen molar-refractivity contribution in [3.8, 4) is 5.69 Å². The highest BCUT2D eigenvalue weighted by Gasteiger charge is 2.37. The van der Waals surface area contributed by atoms with Crippen LogP contribution in [-0.4, -0.2) is 33.9 Å². The molecule has 2 amide bonds. The second-order valence-electron chi connectivity index (χ2n) is 10.7. The van der Waals surface area contributed by atoms with E-state index in [0.29, 0.717) is 6.42 Å². The van der Waals surface area contributed by atoms with Crippen molar-refractivity contribution >= 4 is 17.5 Å². The monoisotopic (exact) mass is 457 g/mol. The summed E-state index contributed by atoms with van der Waals surface area (Å²) in [6, 6.07) is 20.1. The van der Waals surface area contributed by atoms with Crippen LogP contribution in [0.3, 0.4) is 0 Å². The molecule has 1 aromatic heterocycles. The molecule has 1 atom stereocenters. The zero-order valence-corrected chi connectivity index (χ0v) is 21.1. The van der Waals surface area contributed by atoms with Crippen molar-refractivity contribution in [3.63, 3.8) is 0 Å². The van der Waals surface area contributed by atoms with Crippen LogP contribution in [0.15, 0.2) is 66.9 Å². The molecule has 0 N–H and O–H groups in total. The van der Waals surface area contributed by atoms with Crippen molar-refractivity contribution < 1.29 is 9.59 Å². The van der Waals surface area contributed by atoms with Crippen molar-refractivity contribution in [2.24, 2.45) is 5.41 Å². The summed E-state index contributed by atoms with van der Waals surface area (Å²) >= 11 is 0. The Hall–Kier alpha value is -3.34. The van der Waals surface area contributed by atoms with Gasteiger partial charge in [0.05, 0.1) is 17.1 Å². The van der Waals surface area contributed by atoms with E-state index >= 15 is 0 Å². The standard InChI is InChI=1S/C29H35N3O2/c1-20(2)31(26(33)18-29(4,5)6)19-27(34)32-24-11-8-7-10-23(24)30-17-9-12-25(30)28(32)22-15-13-21(3)14-16-22/h7-17,20,28H,18-19H2,1-6H3. The van der Waals surface area contributed by atoms with E-state index in [1.165, 1.54) is 5.56 Å². The SMILES string of the molecule is Cc1ccc(C2c3cccn3-c3ccccc3N2C(=O)CN(C(=O)CC(C)(C)C)C(C)C)cc1. The summed E-state index contributed by atoms with van der Waals surface area (Å²) in [5.41, 5.74) is 4.94. The number of carbonyl (C=O) groups excluding carboxylic acids is 2. The summed E-state index contributed by atoms with van der Waals surface area (Å²) in [4.78, 5) is 30.8. The fourth-order valence-electron chi connectivity index (χ4n) is 4.66. The van der Waals surface area contributed by atoms with Gasteiger partial charge < -0.3 is 9.47 Å². The number of aryl methyl sites for hydroxylation is 1. The number of rotatable bonds is 5. The minimum atomic E-state index is -0.273. The normalized spacial score (nSPS) is 15.1. The van der Waals surface area contributed by atoms with Gasteiger partial charge in [0, 0.05) is 18.7 Å². The summed E-state index contributed by atoms with van der Waals surface area (Å²) in [6.45, 7) is 12.2. The fraction of sp³-hybridized carbons (Fsp3) is 0.379. The smallest absolute Gasteiger partial charge is 0.247 e. The molecule has 2 aromatic carbocycles. The predicted molar refractivity (Wildman–Crippen MR) is 137 cm³/mol. The van der Waals surface area contributed by atoms with E-state index in [2.05, 4.69) is 41.8 Å². The van der Waals surface area contributed by atoms with Gasteiger partial charge in [-0.15, -0.1) is 0 Å². The van der Waals surface area contributed by atoms with Crippen LogP contribution >= 0.6 is 0 Å². The van der Waals surface area contributed by atoms with Crippen LogP contribution in [0.5, 0.6) is 0 Å². The number of hydrogen-bond donors (Lipinski definition) is 0. The van der Waals surface area contributed by atoms with Crippen LogP contribution in [0.2, 0.25) is 0 Å². The van der Waals surface area contributed by atoms with Crippen molar-refractivity contribution in [1.82, 2.24) is 9.47 Å². The van der Waals surface area contributed by atoms with E-state index in [9.17, 15) is 9.59 Å². The number of nitrogens with zero attached hydrogens (tertiary/aromatic N) is 3. The second kappa shape index (κ2) is 9.13. The number of fused-ring (bicyclic) bond motifs is 3. The van der Waals surface area contributed by atoms with E-state index in [-0.39, 0.29) is 35.9 Å². The number of benzene rings is 2. The predicted octanol–water partition coefficient (Wildman–Crippen LogP) is 5.89. The maximum absolute atomic E-state index is 14.1. The first kappa shape index (κ1) is 23.8. The number of amides is 2. The molecule has 0 bridgehead atoms. The Morgan fingerprint density at radius 1 is 0.941 bits per heavy atom. The van der Waals surface area contributed by atoms with Crippen LogP contribution < -0.4 is 4.90 Å². The van der Waals surface area contributed by atoms with E-state index in [0.717, 1.165) is 22.6 Å². The van der Waals surface area contributed by atoms with Gasteiger partial charge in [-0.25, -0.2) is 0 Å². The third-order valence-electron chi connectivity index (χ3n) is 6.31. The van der Waals surface area contributed by atoms with Gasteiger partial charge in [0.15, 0.2) is 0 Å². The van der Waals surface area contributed by atoms with Crippen LogP contribution in [0, 0.1) is 12.3 Å². The highest BCUT2D eigenvalue weighted by molar-refractivity contribution is 6.00. The Labute approximate surface area is 203 Å². The molecule has 34 heavy (non-hydrogen) atoms. The zero-order valence-electron chi connectivity index (χ0n) is 21.1. The fourth-order valence-corrected chi connectivity index (χ4v) is 4.66. The number of aromatic nitrogens is 1. The van der Waals surface area contributed by atoms with Gasteiger partial charge in [-0.3, -0.25) is 14.5 Å². The average Bonchev–Trinajstić information content (AvgIpc) is 3.25. The Bertz CT molecular complexity index is 1180. The van der Waals surface area contributed by atoms with Gasteiger partial charge in [-0.2, -0.15) is 0 Å².